The summed E-state index contributed by atoms with van der Waals surface area (Å²) in [5.74, 6) is 1.97. The van der Waals surface area contributed by atoms with Crippen molar-refractivity contribution in [2.24, 2.45) is 7.05 Å². The summed E-state index contributed by atoms with van der Waals surface area (Å²) in [7, 11) is 3.38. The van der Waals surface area contributed by atoms with Gasteiger partial charge in [-0.3, -0.25) is 4.79 Å². The molecule has 0 unspecified atom stereocenters. The van der Waals surface area contributed by atoms with E-state index in [1.54, 1.807) is 18.2 Å². The number of halogens is 1. The van der Waals surface area contributed by atoms with Crippen LogP contribution >= 0.6 is 23.4 Å². The van der Waals surface area contributed by atoms with Gasteiger partial charge in [-0.25, -0.2) is 0 Å². The molecule has 1 amide bonds. The van der Waals surface area contributed by atoms with Crippen LogP contribution in [0.5, 0.6) is 11.5 Å². The van der Waals surface area contributed by atoms with Crippen molar-refractivity contribution in [1.82, 2.24) is 14.8 Å². The molecule has 1 aromatic heterocycles. The van der Waals surface area contributed by atoms with Crippen LogP contribution in [0.1, 0.15) is 17.0 Å². The van der Waals surface area contributed by atoms with Crippen molar-refractivity contribution in [2.45, 2.75) is 25.6 Å². The number of methoxy groups -OCH3 is 1. The van der Waals surface area contributed by atoms with Gasteiger partial charge in [-0.15, -0.1) is 10.2 Å². The molecule has 30 heavy (non-hydrogen) atoms. The predicted molar refractivity (Wildman–Crippen MR) is 119 cm³/mol. The molecular formula is C21H23ClN4O3S. The second-order valence-corrected chi connectivity index (χ2v) is 8.05. The summed E-state index contributed by atoms with van der Waals surface area (Å²) in [6.45, 7) is 4.39. The van der Waals surface area contributed by atoms with Crippen molar-refractivity contribution < 1.29 is 14.3 Å². The summed E-state index contributed by atoms with van der Waals surface area (Å²) < 4.78 is 12.9. The molecule has 0 aliphatic heterocycles. The number of carbonyl (C=O) groups is 1. The van der Waals surface area contributed by atoms with Crippen molar-refractivity contribution in [2.75, 3.05) is 18.2 Å². The number of anilines is 1. The second-order valence-electron chi connectivity index (χ2n) is 6.67. The number of ether oxygens (including phenoxy) is 2. The average Bonchev–Trinajstić information content (AvgIpc) is 3.07. The minimum Gasteiger partial charge on any atom is -0.495 e. The highest BCUT2D eigenvalue weighted by molar-refractivity contribution is 7.99. The van der Waals surface area contributed by atoms with Crippen LogP contribution in [0.25, 0.3) is 0 Å². The van der Waals surface area contributed by atoms with E-state index in [1.807, 2.05) is 36.7 Å². The van der Waals surface area contributed by atoms with Gasteiger partial charge in [-0.1, -0.05) is 29.4 Å². The molecular weight excluding hydrogens is 424 g/mol. The fourth-order valence-electron chi connectivity index (χ4n) is 2.64. The van der Waals surface area contributed by atoms with E-state index < -0.39 is 0 Å². The summed E-state index contributed by atoms with van der Waals surface area (Å²) in [5.41, 5.74) is 2.91. The van der Waals surface area contributed by atoms with E-state index in [-0.39, 0.29) is 11.7 Å². The van der Waals surface area contributed by atoms with Gasteiger partial charge in [-0.05, 0) is 55.3 Å². The number of amides is 1. The molecule has 0 saturated carbocycles. The van der Waals surface area contributed by atoms with E-state index in [2.05, 4.69) is 22.4 Å². The number of benzene rings is 2. The molecule has 1 N–H and O–H groups in total. The van der Waals surface area contributed by atoms with E-state index >= 15 is 0 Å². The fourth-order valence-corrected chi connectivity index (χ4v) is 3.54. The Hall–Kier alpha value is -2.71. The molecule has 0 spiro atoms. The van der Waals surface area contributed by atoms with Crippen molar-refractivity contribution in [3.63, 3.8) is 0 Å². The van der Waals surface area contributed by atoms with Crippen molar-refractivity contribution in [3.8, 4) is 11.5 Å². The van der Waals surface area contributed by atoms with Crippen LogP contribution in [0.2, 0.25) is 5.02 Å². The highest BCUT2D eigenvalue weighted by atomic mass is 35.5. The molecule has 2 aromatic carbocycles. The molecule has 0 bridgehead atoms. The Morgan fingerprint density at radius 3 is 2.70 bits per heavy atom. The van der Waals surface area contributed by atoms with Gasteiger partial charge < -0.3 is 19.4 Å². The van der Waals surface area contributed by atoms with Gasteiger partial charge in [0.2, 0.25) is 5.91 Å². The van der Waals surface area contributed by atoms with Crippen LogP contribution in [0.4, 0.5) is 5.69 Å². The standard InChI is InChI=1S/C21H23ClN4O3S/c1-13-5-7-16(9-14(13)2)29-11-19-24-25-21(26(19)3)30-12-20(27)23-17-10-15(22)6-8-18(17)28-4/h5-10H,11-12H2,1-4H3,(H,23,27). The number of carbonyl (C=O) groups excluding carboxylic acids is 1. The Morgan fingerprint density at radius 2 is 1.97 bits per heavy atom. The quantitative estimate of drug-likeness (QED) is 0.516. The van der Waals surface area contributed by atoms with Crippen molar-refractivity contribution in [3.05, 3.63) is 58.4 Å². The molecule has 3 aromatic rings. The van der Waals surface area contributed by atoms with Crippen LogP contribution in [-0.4, -0.2) is 33.5 Å². The zero-order valence-corrected chi connectivity index (χ0v) is 18.8. The third kappa shape index (κ3) is 5.46. The van der Waals surface area contributed by atoms with E-state index in [0.717, 1.165) is 5.75 Å². The topological polar surface area (TPSA) is 78.3 Å². The molecule has 1 heterocycles. The Morgan fingerprint density at radius 1 is 1.17 bits per heavy atom. The van der Waals surface area contributed by atoms with Crippen LogP contribution in [0.15, 0.2) is 41.6 Å². The first-order valence-corrected chi connectivity index (χ1v) is 10.6. The first-order valence-electron chi connectivity index (χ1n) is 9.22. The first-order chi connectivity index (χ1) is 14.4. The van der Waals surface area contributed by atoms with Gasteiger partial charge in [0.05, 0.1) is 18.6 Å². The lowest BCUT2D eigenvalue weighted by Crippen LogP contribution is -2.15. The second kappa shape index (κ2) is 9.86. The summed E-state index contributed by atoms with van der Waals surface area (Å²) in [5, 5.41) is 12.3. The highest BCUT2D eigenvalue weighted by Crippen LogP contribution is 2.28. The average molecular weight is 447 g/mol. The monoisotopic (exact) mass is 446 g/mol. The molecule has 0 aliphatic rings. The van der Waals surface area contributed by atoms with Gasteiger partial charge in [-0.2, -0.15) is 0 Å². The lowest BCUT2D eigenvalue weighted by Gasteiger charge is -2.10. The third-order valence-corrected chi connectivity index (χ3v) is 5.79. The fraction of sp³-hybridized carbons (Fsp3) is 0.286. The lowest BCUT2D eigenvalue weighted by atomic mass is 10.1. The first kappa shape index (κ1) is 22.0. The van der Waals surface area contributed by atoms with Gasteiger partial charge >= 0.3 is 0 Å². The number of nitrogens with zero attached hydrogens (tertiary/aromatic N) is 3. The van der Waals surface area contributed by atoms with Gasteiger partial charge in [0.15, 0.2) is 11.0 Å². The van der Waals surface area contributed by atoms with Crippen LogP contribution in [0.3, 0.4) is 0 Å². The summed E-state index contributed by atoms with van der Waals surface area (Å²) in [4.78, 5) is 12.3. The zero-order chi connectivity index (χ0) is 21.7. The SMILES string of the molecule is COc1ccc(Cl)cc1NC(=O)CSc1nnc(COc2ccc(C)c(C)c2)n1C. The van der Waals surface area contributed by atoms with E-state index in [1.165, 1.54) is 30.0 Å². The maximum absolute atomic E-state index is 12.3. The Balaban J connectivity index is 1.56. The molecule has 0 radical (unpaired) electrons. The molecule has 3 rings (SSSR count). The molecule has 0 fully saturated rings. The molecule has 7 nitrogen and oxygen atoms in total. The highest BCUT2D eigenvalue weighted by Gasteiger charge is 2.14. The smallest absolute Gasteiger partial charge is 0.234 e. The zero-order valence-electron chi connectivity index (χ0n) is 17.2. The number of nitrogens with one attached hydrogen (secondary N) is 1. The molecule has 0 aliphatic carbocycles. The number of hydrogen-bond donors (Lipinski definition) is 1. The van der Waals surface area contributed by atoms with Crippen LogP contribution in [0, 0.1) is 13.8 Å². The third-order valence-electron chi connectivity index (χ3n) is 4.54. The Kier molecular flexibility index (Phi) is 7.23. The molecule has 158 valence electrons. The molecule has 0 atom stereocenters. The normalized spacial score (nSPS) is 10.7. The number of aryl methyl sites for hydroxylation is 2. The number of hydrogen-bond acceptors (Lipinski definition) is 6. The van der Waals surface area contributed by atoms with E-state index in [4.69, 9.17) is 21.1 Å². The van der Waals surface area contributed by atoms with Gasteiger partial charge in [0.1, 0.15) is 18.1 Å². The number of aromatic nitrogens is 3. The Bertz CT molecular complexity index is 1050. The summed E-state index contributed by atoms with van der Waals surface area (Å²) >= 11 is 7.29. The minimum absolute atomic E-state index is 0.166. The molecule has 0 saturated heterocycles. The Labute approximate surface area is 184 Å². The number of rotatable bonds is 8. The van der Waals surface area contributed by atoms with Gasteiger partial charge in [0, 0.05) is 12.1 Å². The van der Waals surface area contributed by atoms with E-state index in [0.29, 0.717) is 34.0 Å². The number of thioether (sulfide) groups is 1. The summed E-state index contributed by atoms with van der Waals surface area (Å²) in [6.07, 6.45) is 0. The van der Waals surface area contributed by atoms with E-state index in [9.17, 15) is 4.79 Å². The maximum atomic E-state index is 12.3. The van der Waals surface area contributed by atoms with Crippen LogP contribution in [-0.2, 0) is 18.4 Å². The lowest BCUT2D eigenvalue weighted by molar-refractivity contribution is -0.113. The maximum Gasteiger partial charge on any atom is 0.234 e. The minimum atomic E-state index is -0.198. The summed E-state index contributed by atoms with van der Waals surface area (Å²) in [6, 6.07) is 11.0. The van der Waals surface area contributed by atoms with Gasteiger partial charge in [0.25, 0.3) is 0 Å². The largest absolute Gasteiger partial charge is 0.495 e. The predicted octanol–water partition coefficient (Wildman–Crippen LogP) is 4.40. The molecule has 9 heteroatoms. The van der Waals surface area contributed by atoms with Crippen molar-refractivity contribution in [1.29, 1.82) is 0 Å². The van der Waals surface area contributed by atoms with Crippen LogP contribution < -0.4 is 14.8 Å². The van der Waals surface area contributed by atoms with Crippen molar-refractivity contribution >= 4 is 35.0 Å².